The summed E-state index contributed by atoms with van der Waals surface area (Å²) in [5.41, 5.74) is 0.604. The molecule has 1 amide bonds. The predicted octanol–water partition coefficient (Wildman–Crippen LogP) is 2.36. The Kier molecular flexibility index (Phi) is 7.25. The molecule has 2 rings (SSSR count). The van der Waals surface area contributed by atoms with E-state index in [0.717, 1.165) is 18.6 Å². The van der Waals surface area contributed by atoms with Crippen LogP contribution in [0.25, 0.3) is 0 Å². The molecule has 1 aromatic rings. The molecule has 1 saturated heterocycles. The molecule has 25 heavy (non-hydrogen) atoms. The van der Waals surface area contributed by atoms with Crippen LogP contribution in [0, 0.1) is 0 Å². The molecular formula is C18H28N2O4S. The Morgan fingerprint density at radius 3 is 2.24 bits per heavy atom. The average molecular weight is 368 g/mol. The molecule has 1 fully saturated rings. The Hall–Kier alpha value is -1.60. The van der Waals surface area contributed by atoms with E-state index in [1.165, 1.54) is 4.31 Å². The Morgan fingerprint density at radius 2 is 1.68 bits per heavy atom. The molecule has 140 valence electrons. The highest BCUT2D eigenvalue weighted by Gasteiger charge is 2.28. The maximum absolute atomic E-state index is 12.6. The minimum Gasteiger partial charge on any atom is -0.494 e. The average Bonchev–Trinajstić information content (AvgIpc) is 2.62. The van der Waals surface area contributed by atoms with Crippen LogP contribution in [0.5, 0.6) is 5.75 Å². The monoisotopic (exact) mass is 368 g/mol. The second kappa shape index (κ2) is 9.20. The lowest BCUT2D eigenvalue weighted by molar-refractivity contribution is 0.0698. The summed E-state index contributed by atoms with van der Waals surface area (Å²) in [4.78, 5) is 14.3. The van der Waals surface area contributed by atoms with Crippen molar-refractivity contribution in [1.82, 2.24) is 9.21 Å². The largest absolute Gasteiger partial charge is 0.494 e. The zero-order valence-corrected chi connectivity index (χ0v) is 15.9. The zero-order valence-electron chi connectivity index (χ0n) is 15.1. The number of hydrogen-bond acceptors (Lipinski definition) is 4. The van der Waals surface area contributed by atoms with E-state index in [2.05, 4.69) is 6.92 Å². The van der Waals surface area contributed by atoms with Crippen LogP contribution in [0.1, 0.15) is 43.5 Å². The lowest BCUT2D eigenvalue weighted by atomic mass is 10.2. The molecule has 0 aromatic heterocycles. The summed E-state index contributed by atoms with van der Waals surface area (Å²) in [5, 5.41) is 0. The molecule has 0 saturated carbocycles. The van der Waals surface area contributed by atoms with Crippen molar-refractivity contribution in [1.29, 1.82) is 0 Å². The van der Waals surface area contributed by atoms with Gasteiger partial charge in [-0.25, -0.2) is 8.42 Å². The quantitative estimate of drug-likeness (QED) is 0.661. The van der Waals surface area contributed by atoms with Crippen LogP contribution in [0.3, 0.4) is 0 Å². The van der Waals surface area contributed by atoms with E-state index in [9.17, 15) is 13.2 Å². The summed E-state index contributed by atoms with van der Waals surface area (Å²) in [6.07, 6.45) is 2.69. The van der Waals surface area contributed by atoms with Gasteiger partial charge in [0.05, 0.1) is 12.4 Å². The second-order valence-electron chi connectivity index (χ2n) is 6.23. The molecule has 1 aromatic carbocycles. The molecule has 0 N–H and O–H groups in total. The smallest absolute Gasteiger partial charge is 0.253 e. The Morgan fingerprint density at radius 1 is 1.04 bits per heavy atom. The number of carbonyl (C=O) groups is 1. The van der Waals surface area contributed by atoms with Gasteiger partial charge in [-0.05, 0) is 37.1 Å². The third-order valence-electron chi connectivity index (χ3n) is 4.25. The second-order valence-corrected chi connectivity index (χ2v) is 8.32. The van der Waals surface area contributed by atoms with E-state index in [4.69, 9.17) is 4.74 Å². The Labute approximate surface area is 150 Å². The van der Waals surface area contributed by atoms with Crippen LogP contribution in [-0.4, -0.2) is 62.1 Å². The Balaban J connectivity index is 1.89. The first-order valence-corrected chi connectivity index (χ1v) is 10.6. The number of unbranched alkanes of at least 4 members (excludes halogenated alkanes) is 1. The van der Waals surface area contributed by atoms with Crippen molar-refractivity contribution in [3.63, 3.8) is 0 Å². The maximum Gasteiger partial charge on any atom is 0.253 e. The fraction of sp³-hybridized carbons (Fsp3) is 0.611. The number of piperazine rings is 1. The molecule has 0 unspecified atom stereocenters. The summed E-state index contributed by atoms with van der Waals surface area (Å²) >= 11 is 0. The molecule has 1 aliphatic rings. The number of rotatable bonds is 8. The van der Waals surface area contributed by atoms with Crippen molar-refractivity contribution in [3.8, 4) is 5.75 Å². The summed E-state index contributed by atoms with van der Waals surface area (Å²) in [6.45, 7) is 6.23. The highest BCUT2D eigenvalue weighted by atomic mass is 32.2. The van der Waals surface area contributed by atoms with Crippen molar-refractivity contribution in [2.45, 2.75) is 33.1 Å². The predicted molar refractivity (Wildman–Crippen MR) is 98.4 cm³/mol. The topological polar surface area (TPSA) is 66.9 Å². The van der Waals surface area contributed by atoms with Gasteiger partial charge in [0.25, 0.3) is 5.91 Å². The first-order chi connectivity index (χ1) is 12.0. The summed E-state index contributed by atoms with van der Waals surface area (Å²) in [7, 11) is -3.19. The van der Waals surface area contributed by atoms with Gasteiger partial charge in [0.15, 0.2) is 0 Å². The molecular weight excluding hydrogens is 340 g/mol. The number of hydrogen-bond donors (Lipinski definition) is 0. The third kappa shape index (κ3) is 5.44. The highest BCUT2D eigenvalue weighted by molar-refractivity contribution is 7.89. The van der Waals surface area contributed by atoms with Crippen molar-refractivity contribution in [2.75, 3.05) is 38.5 Å². The van der Waals surface area contributed by atoms with Gasteiger partial charge >= 0.3 is 0 Å². The van der Waals surface area contributed by atoms with Crippen LogP contribution >= 0.6 is 0 Å². The molecule has 0 radical (unpaired) electrons. The highest BCUT2D eigenvalue weighted by Crippen LogP contribution is 2.16. The van der Waals surface area contributed by atoms with Crippen molar-refractivity contribution < 1.29 is 17.9 Å². The first kappa shape index (κ1) is 19.7. The fourth-order valence-corrected chi connectivity index (χ4v) is 4.26. The molecule has 0 aliphatic carbocycles. The minimum absolute atomic E-state index is 0.0624. The van der Waals surface area contributed by atoms with E-state index in [1.807, 2.05) is 19.1 Å². The normalized spacial score (nSPS) is 16.0. The van der Waals surface area contributed by atoms with Gasteiger partial charge in [-0.15, -0.1) is 0 Å². The number of amides is 1. The molecule has 0 bridgehead atoms. The van der Waals surface area contributed by atoms with Crippen molar-refractivity contribution in [3.05, 3.63) is 29.8 Å². The molecule has 6 nitrogen and oxygen atoms in total. The molecule has 1 heterocycles. The van der Waals surface area contributed by atoms with Crippen LogP contribution in [-0.2, 0) is 10.0 Å². The number of nitrogens with zero attached hydrogens (tertiary/aromatic N) is 2. The number of benzene rings is 1. The number of carbonyl (C=O) groups excluding carboxylic acids is 1. The first-order valence-electron chi connectivity index (χ1n) is 8.98. The number of sulfonamides is 1. The zero-order chi connectivity index (χ0) is 18.3. The SMILES string of the molecule is CCCCOc1ccc(C(=O)N2CCN(S(=O)(=O)CCC)CC2)cc1. The molecule has 0 atom stereocenters. The third-order valence-corrected chi connectivity index (χ3v) is 6.33. The van der Waals surface area contributed by atoms with Gasteiger partial charge < -0.3 is 9.64 Å². The fourth-order valence-electron chi connectivity index (χ4n) is 2.77. The Bertz CT molecular complexity index is 650. The van der Waals surface area contributed by atoms with E-state index in [-0.39, 0.29) is 11.7 Å². The van der Waals surface area contributed by atoms with Gasteiger partial charge in [-0.2, -0.15) is 4.31 Å². The van der Waals surface area contributed by atoms with E-state index >= 15 is 0 Å². The maximum atomic E-state index is 12.6. The van der Waals surface area contributed by atoms with Gasteiger partial charge in [-0.3, -0.25) is 4.79 Å². The van der Waals surface area contributed by atoms with Crippen LogP contribution in [0.4, 0.5) is 0 Å². The van der Waals surface area contributed by atoms with Crippen molar-refractivity contribution in [2.24, 2.45) is 0 Å². The summed E-state index contributed by atoms with van der Waals surface area (Å²) in [6, 6.07) is 7.16. The lowest BCUT2D eigenvalue weighted by Crippen LogP contribution is -2.51. The summed E-state index contributed by atoms with van der Waals surface area (Å²) in [5.74, 6) is 0.869. The summed E-state index contributed by atoms with van der Waals surface area (Å²) < 4.78 is 31.3. The van der Waals surface area contributed by atoms with Gasteiger partial charge in [0.1, 0.15) is 5.75 Å². The van der Waals surface area contributed by atoms with Crippen molar-refractivity contribution >= 4 is 15.9 Å². The van der Waals surface area contributed by atoms with Gasteiger partial charge in [-0.1, -0.05) is 20.3 Å². The molecule has 1 aliphatic heterocycles. The minimum atomic E-state index is -3.19. The van der Waals surface area contributed by atoms with E-state index in [0.29, 0.717) is 44.8 Å². The molecule has 7 heteroatoms. The van der Waals surface area contributed by atoms with Gasteiger partial charge in [0.2, 0.25) is 10.0 Å². The van der Waals surface area contributed by atoms with Crippen LogP contribution in [0.2, 0.25) is 0 Å². The van der Waals surface area contributed by atoms with E-state index in [1.54, 1.807) is 17.0 Å². The lowest BCUT2D eigenvalue weighted by Gasteiger charge is -2.34. The van der Waals surface area contributed by atoms with Crippen LogP contribution in [0.15, 0.2) is 24.3 Å². The van der Waals surface area contributed by atoms with Crippen LogP contribution < -0.4 is 4.74 Å². The van der Waals surface area contributed by atoms with Gasteiger partial charge in [0, 0.05) is 31.7 Å². The van der Waals surface area contributed by atoms with E-state index < -0.39 is 10.0 Å². The molecule has 0 spiro atoms. The number of ether oxygens (including phenoxy) is 1. The standard InChI is InChI=1S/C18H28N2O4S/c1-3-5-14-24-17-8-6-16(7-9-17)18(21)19-10-12-20(13-11-19)25(22,23)15-4-2/h6-9H,3-5,10-15H2,1-2H3.